The number of alkyl halides is 3. The molecule has 1 amide bonds. The minimum absolute atomic E-state index is 0.262. The zero-order chi connectivity index (χ0) is 19.4. The number of benzene rings is 2. The highest BCUT2D eigenvalue weighted by atomic mass is 19.4. The average molecular weight is 371 g/mol. The van der Waals surface area contributed by atoms with Gasteiger partial charge in [0.2, 0.25) is 0 Å². The molecule has 0 unspecified atom stereocenters. The smallest absolute Gasteiger partial charge is 0.354 e. The molecule has 0 aliphatic rings. The Hall–Kier alpha value is -3.35. The van der Waals surface area contributed by atoms with Gasteiger partial charge < -0.3 is 10.2 Å². The van der Waals surface area contributed by atoms with Crippen molar-refractivity contribution in [2.75, 3.05) is 17.3 Å². The van der Waals surface area contributed by atoms with Gasteiger partial charge in [0.05, 0.1) is 17.4 Å². The van der Waals surface area contributed by atoms with Crippen LogP contribution < -0.4 is 10.2 Å². The molecule has 0 aliphatic carbocycles. The standard InChI is InChI=1S/C20H16F3N3O/c1-26(17-5-3-2-4-6-17)19(27)18-12-11-16(13-24-18)25-15-9-7-14(8-10-15)20(21,22)23/h2-13,25H,1H3. The van der Waals surface area contributed by atoms with E-state index in [1.807, 2.05) is 30.3 Å². The van der Waals surface area contributed by atoms with Crippen LogP contribution in [0.2, 0.25) is 0 Å². The number of hydrogen-bond acceptors (Lipinski definition) is 3. The number of rotatable bonds is 4. The highest BCUT2D eigenvalue weighted by Gasteiger charge is 2.29. The van der Waals surface area contributed by atoms with Gasteiger partial charge in [0.15, 0.2) is 0 Å². The van der Waals surface area contributed by atoms with Crippen molar-refractivity contribution < 1.29 is 18.0 Å². The van der Waals surface area contributed by atoms with Crippen molar-refractivity contribution in [1.29, 1.82) is 0 Å². The maximum absolute atomic E-state index is 12.6. The van der Waals surface area contributed by atoms with Crippen LogP contribution in [0, 0.1) is 0 Å². The zero-order valence-electron chi connectivity index (χ0n) is 14.4. The Kier molecular flexibility index (Phi) is 5.12. The maximum Gasteiger partial charge on any atom is 0.416 e. The molecule has 4 nitrogen and oxygen atoms in total. The van der Waals surface area contributed by atoms with Crippen molar-refractivity contribution in [3.8, 4) is 0 Å². The normalized spacial score (nSPS) is 11.1. The predicted octanol–water partition coefficient (Wildman–Crippen LogP) is 5.12. The van der Waals surface area contributed by atoms with E-state index in [4.69, 9.17) is 0 Å². The third-order valence-corrected chi connectivity index (χ3v) is 3.93. The SMILES string of the molecule is CN(C(=O)c1ccc(Nc2ccc(C(F)(F)F)cc2)cn1)c1ccccc1. The van der Waals surface area contributed by atoms with E-state index in [2.05, 4.69) is 10.3 Å². The molecular weight excluding hydrogens is 355 g/mol. The Bertz CT molecular complexity index is 908. The van der Waals surface area contributed by atoms with E-state index in [0.717, 1.165) is 17.8 Å². The van der Waals surface area contributed by atoms with E-state index < -0.39 is 11.7 Å². The molecule has 0 aliphatic heterocycles. The molecule has 0 bridgehead atoms. The summed E-state index contributed by atoms with van der Waals surface area (Å²) in [5, 5.41) is 2.95. The summed E-state index contributed by atoms with van der Waals surface area (Å²) in [6.07, 6.45) is -2.91. The third-order valence-electron chi connectivity index (χ3n) is 3.93. The van der Waals surface area contributed by atoms with Crippen molar-refractivity contribution in [2.45, 2.75) is 6.18 Å². The largest absolute Gasteiger partial charge is 0.416 e. The summed E-state index contributed by atoms with van der Waals surface area (Å²) >= 11 is 0. The summed E-state index contributed by atoms with van der Waals surface area (Å²) in [6, 6.07) is 17.1. The number of amides is 1. The van der Waals surface area contributed by atoms with Crippen LogP contribution in [0.1, 0.15) is 16.1 Å². The first-order valence-corrected chi connectivity index (χ1v) is 8.08. The Morgan fingerprint density at radius 3 is 2.11 bits per heavy atom. The highest BCUT2D eigenvalue weighted by Crippen LogP contribution is 2.30. The zero-order valence-corrected chi connectivity index (χ0v) is 14.4. The van der Waals surface area contributed by atoms with Gasteiger partial charge in [-0.2, -0.15) is 13.2 Å². The first-order chi connectivity index (χ1) is 12.8. The topological polar surface area (TPSA) is 45.2 Å². The van der Waals surface area contributed by atoms with Crippen LogP contribution in [-0.2, 0) is 6.18 Å². The summed E-state index contributed by atoms with van der Waals surface area (Å²) in [6.45, 7) is 0. The fourth-order valence-electron chi connectivity index (χ4n) is 2.44. The summed E-state index contributed by atoms with van der Waals surface area (Å²) in [5.74, 6) is -0.262. The lowest BCUT2D eigenvalue weighted by Crippen LogP contribution is -2.26. The molecule has 0 atom stereocenters. The number of carbonyl (C=O) groups excluding carboxylic acids is 1. The predicted molar refractivity (Wildman–Crippen MR) is 98.1 cm³/mol. The third kappa shape index (κ3) is 4.44. The second-order valence-corrected chi connectivity index (χ2v) is 5.83. The monoisotopic (exact) mass is 371 g/mol. The van der Waals surface area contributed by atoms with Crippen molar-refractivity contribution in [1.82, 2.24) is 4.98 Å². The lowest BCUT2D eigenvalue weighted by atomic mass is 10.2. The second kappa shape index (κ2) is 7.49. The van der Waals surface area contributed by atoms with Crippen LogP contribution in [0.25, 0.3) is 0 Å². The van der Waals surface area contributed by atoms with Crippen LogP contribution in [0.3, 0.4) is 0 Å². The minimum Gasteiger partial charge on any atom is -0.354 e. The van der Waals surface area contributed by atoms with Gasteiger partial charge in [-0.1, -0.05) is 18.2 Å². The van der Waals surface area contributed by atoms with Crippen molar-refractivity contribution >= 4 is 23.0 Å². The molecule has 1 heterocycles. The number of anilines is 3. The average Bonchev–Trinajstić information content (AvgIpc) is 2.68. The number of nitrogens with one attached hydrogen (secondary N) is 1. The van der Waals surface area contributed by atoms with Gasteiger partial charge in [-0.05, 0) is 48.5 Å². The summed E-state index contributed by atoms with van der Waals surface area (Å²) in [4.78, 5) is 18.1. The number of pyridine rings is 1. The van der Waals surface area contributed by atoms with Crippen LogP contribution in [0.4, 0.5) is 30.2 Å². The van der Waals surface area contributed by atoms with Gasteiger partial charge in [0, 0.05) is 18.4 Å². The minimum atomic E-state index is -4.37. The van der Waals surface area contributed by atoms with Gasteiger partial charge in [0.25, 0.3) is 5.91 Å². The fraction of sp³-hybridized carbons (Fsp3) is 0.100. The molecule has 1 aromatic heterocycles. The molecule has 0 fully saturated rings. The lowest BCUT2D eigenvalue weighted by Gasteiger charge is -2.17. The van der Waals surface area contributed by atoms with Crippen LogP contribution in [-0.4, -0.2) is 17.9 Å². The first-order valence-electron chi connectivity index (χ1n) is 8.08. The maximum atomic E-state index is 12.6. The van der Waals surface area contributed by atoms with Gasteiger partial charge >= 0.3 is 6.18 Å². The van der Waals surface area contributed by atoms with Crippen molar-refractivity contribution in [3.05, 3.63) is 84.2 Å². The molecule has 1 N–H and O–H groups in total. The number of nitrogens with zero attached hydrogens (tertiary/aromatic N) is 2. The Morgan fingerprint density at radius 2 is 1.56 bits per heavy atom. The number of para-hydroxylation sites is 1. The van der Waals surface area contributed by atoms with Crippen molar-refractivity contribution in [3.63, 3.8) is 0 Å². The van der Waals surface area contributed by atoms with E-state index in [0.29, 0.717) is 11.4 Å². The van der Waals surface area contributed by atoms with Crippen LogP contribution in [0.5, 0.6) is 0 Å². The summed E-state index contributed by atoms with van der Waals surface area (Å²) < 4.78 is 37.8. The molecule has 3 aromatic rings. The molecule has 0 saturated carbocycles. The molecule has 138 valence electrons. The molecule has 0 spiro atoms. The Balaban J connectivity index is 1.69. The number of hydrogen-bond donors (Lipinski definition) is 1. The van der Waals surface area contributed by atoms with E-state index in [1.165, 1.54) is 23.2 Å². The van der Waals surface area contributed by atoms with Gasteiger partial charge in [-0.25, -0.2) is 4.98 Å². The number of halogens is 3. The van der Waals surface area contributed by atoms with Crippen molar-refractivity contribution in [2.24, 2.45) is 0 Å². The number of aromatic nitrogens is 1. The molecule has 7 heteroatoms. The van der Waals surface area contributed by atoms with Crippen LogP contribution in [0.15, 0.2) is 72.9 Å². The summed E-state index contributed by atoms with van der Waals surface area (Å²) in [7, 11) is 1.66. The Morgan fingerprint density at radius 1 is 0.926 bits per heavy atom. The van der Waals surface area contributed by atoms with E-state index in [-0.39, 0.29) is 11.6 Å². The quantitative estimate of drug-likeness (QED) is 0.692. The van der Waals surface area contributed by atoms with Gasteiger partial charge in [0.1, 0.15) is 5.69 Å². The van der Waals surface area contributed by atoms with E-state index in [9.17, 15) is 18.0 Å². The second-order valence-electron chi connectivity index (χ2n) is 5.83. The molecule has 3 rings (SSSR count). The summed E-state index contributed by atoms with van der Waals surface area (Å²) in [5.41, 5.74) is 1.35. The van der Waals surface area contributed by atoms with Gasteiger partial charge in [-0.3, -0.25) is 4.79 Å². The molecule has 0 radical (unpaired) electrons. The first kappa shape index (κ1) is 18.4. The van der Waals surface area contributed by atoms with E-state index >= 15 is 0 Å². The number of carbonyl (C=O) groups is 1. The molecule has 0 saturated heterocycles. The van der Waals surface area contributed by atoms with E-state index in [1.54, 1.807) is 19.2 Å². The fourth-order valence-corrected chi connectivity index (χ4v) is 2.44. The van der Waals surface area contributed by atoms with Crippen LogP contribution >= 0.6 is 0 Å². The molecule has 27 heavy (non-hydrogen) atoms. The Labute approximate surface area is 154 Å². The molecule has 2 aromatic carbocycles. The highest BCUT2D eigenvalue weighted by molar-refractivity contribution is 6.04. The van der Waals surface area contributed by atoms with Gasteiger partial charge in [-0.15, -0.1) is 0 Å². The molecular formula is C20H16F3N3O. The lowest BCUT2D eigenvalue weighted by molar-refractivity contribution is -0.137.